The molecule has 0 unspecified atom stereocenters. The van der Waals surface area contributed by atoms with Crippen molar-refractivity contribution in [1.82, 2.24) is 0 Å². The highest BCUT2D eigenvalue weighted by atomic mass is 19.3. The second-order valence-electron chi connectivity index (χ2n) is 5.97. The van der Waals surface area contributed by atoms with Gasteiger partial charge in [-0.1, -0.05) is 12.2 Å². The van der Waals surface area contributed by atoms with Crippen molar-refractivity contribution in [3.63, 3.8) is 0 Å². The normalized spacial score (nSPS) is 63.8. The van der Waals surface area contributed by atoms with Gasteiger partial charge in [-0.3, -0.25) is 0 Å². The molecule has 0 aromatic rings. The van der Waals surface area contributed by atoms with Crippen LogP contribution in [0.3, 0.4) is 0 Å². The molecule has 1 aliphatic carbocycles. The smallest absolute Gasteiger partial charge is 0.316 e. The molecule has 2 nitrogen and oxygen atoms in total. The number of rotatable bonds is 0. The van der Waals surface area contributed by atoms with Gasteiger partial charge in [0.1, 0.15) is 0 Å². The Morgan fingerprint density at radius 3 is 1.61 bits per heavy atom. The molecule has 0 aromatic heterocycles. The second kappa shape index (κ2) is 2.50. The van der Waals surface area contributed by atoms with E-state index >= 15 is 0 Å². The molecule has 4 heterocycles. The lowest BCUT2D eigenvalue weighted by molar-refractivity contribution is -0.358. The molecular weight excluding hydrogens is 252 g/mol. The van der Waals surface area contributed by atoms with E-state index in [-0.39, 0.29) is 24.0 Å². The van der Waals surface area contributed by atoms with E-state index < -0.39 is 35.9 Å². The maximum absolute atomic E-state index is 13.5. The van der Waals surface area contributed by atoms with Gasteiger partial charge in [0.15, 0.2) is 0 Å². The number of ether oxygens (including phenoxy) is 2. The summed E-state index contributed by atoms with van der Waals surface area (Å²) in [5, 5.41) is 0. The van der Waals surface area contributed by atoms with Gasteiger partial charge >= 0.3 is 11.8 Å². The van der Waals surface area contributed by atoms with E-state index in [1.165, 1.54) is 0 Å². The highest BCUT2D eigenvalue weighted by Gasteiger charge is 2.89. The van der Waals surface area contributed by atoms with Crippen LogP contribution in [0.1, 0.15) is 0 Å². The van der Waals surface area contributed by atoms with Gasteiger partial charge in [-0.15, -0.1) is 0 Å². The van der Waals surface area contributed by atoms with Gasteiger partial charge in [0.05, 0.1) is 36.3 Å². The van der Waals surface area contributed by atoms with Crippen LogP contribution in [0, 0.1) is 23.7 Å². The first-order valence-corrected chi connectivity index (χ1v) is 6.19. The zero-order chi connectivity index (χ0) is 12.4. The quantitative estimate of drug-likeness (QED) is 0.490. The Bertz CT molecular complexity index is 437. The van der Waals surface area contributed by atoms with Crippen LogP contribution >= 0.6 is 0 Å². The molecule has 5 aliphatic rings. The van der Waals surface area contributed by atoms with Crippen molar-refractivity contribution in [2.75, 3.05) is 0 Å². The predicted octanol–water partition coefficient (Wildman–Crippen LogP) is 1.85. The summed E-state index contributed by atoms with van der Waals surface area (Å²) in [5.41, 5.74) is 0. The lowest BCUT2D eigenvalue weighted by Gasteiger charge is -2.53. The van der Waals surface area contributed by atoms with Gasteiger partial charge in [-0.25, -0.2) is 0 Å². The van der Waals surface area contributed by atoms with Crippen LogP contribution < -0.4 is 0 Å². The zero-order valence-corrected chi connectivity index (χ0v) is 9.10. The number of fused-ring (bicyclic) bond motifs is 12. The summed E-state index contributed by atoms with van der Waals surface area (Å²) in [7, 11) is 0. The highest BCUT2D eigenvalue weighted by Crippen LogP contribution is 2.73. The Morgan fingerprint density at radius 1 is 0.722 bits per heavy atom. The van der Waals surface area contributed by atoms with Crippen molar-refractivity contribution < 1.29 is 27.0 Å². The largest absolute Gasteiger partial charge is 0.373 e. The maximum Gasteiger partial charge on any atom is 0.316 e. The molecule has 1 saturated carbocycles. The number of hydrogen-bond acceptors (Lipinski definition) is 2. The van der Waals surface area contributed by atoms with Gasteiger partial charge in [-0.2, -0.15) is 17.6 Å². The van der Waals surface area contributed by atoms with Gasteiger partial charge in [-0.05, 0) is 0 Å². The van der Waals surface area contributed by atoms with Crippen molar-refractivity contribution in [3.8, 4) is 0 Å². The fourth-order valence-electron chi connectivity index (χ4n) is 4.81. The predicted molar refractivity (Wildman–Crippen MR) is 50.3 cm³/mol. The zero-order valence-electron chi connectivity index (χ0n) is 9.10. The Kier molecular flexibility index (Phi) is 1.42. The summed E-state index contributed by atoms with van der Waals surface area (Å²) < 4.78 is 65.3. The summed E-state index contributed by atoms with van der Waals surface area (Å²) in [6.45, 7) is 0. The van der Waals surface area contributed by atoms with Crippen LogP contribution in [0.4, 0.5) is 17.6 Å². The summed E-state index contributed by atoms with van der Waals surface area (Å²) >= 11 is 0. The summed E-state index contributed by atoms with van der Waals surface area (Å²) in [5.74, 6) is -10.8. The van der Waals surface area contributed by atoms with E-state index in [9.17, 15) is 17.6 Å². The Labute approximate surface area is 99.9 Å². The molecular formula is C12H10F4O2. The highest BCUT2D eigenvalue weighted by molar-refractivity contribution is 5.30. The van der Waals surface area contributed by atoms with E-state index in [4.69, 9.17) is 9.47 Å². The Hall–Kier alpha value is -0.620. The maximum atomic E-state index is 13.5. The summed E-state index contributed by atoms with van der Waals surface area (Å²) in [4.78, 5) is 0. The summed E-state index contributed by atoms with van der Waals surface area (Å²) in [6.07, 6.45) is 1.72. The molecule has 0 radical (unpaired) electrons. The third-order valence-corrected chi connectivity index (χ3v) is 5.46. The van der Waals surface area contributed by atoms with E-state index in [1.807, 2.05) is 12.2 Å². The molecule has 0 N–H and O–H groups in total. The molecule has 3 saturated heterocycles. The lowest BCUT2D eigenvalue weighted by Crippen LogP contribution is -2.72. The van der Waals surface area contributed by atoms with Gasteiger partial charge in [0, 0.05) is 11.8 Å². The molecule has 0 amide bonds. The molecule has 4 aliphatic heterocycles. The van der Waals surface area contributed by atoms with E-state index in [0.717, 1.165) is 0 Å². The molecule has 4 bridgehead atoms. The van der Waals surface area contributed by atoms with Crippen molar-refractivity contribution in [3.05, 3.63) is 12.2 Å². The average Bonchev–Trinajstić information content (AvgIpc) is 3.04. The first-order chi connectivity index (χ1) is 8.44. The van der Waals surface area contributed by atoms with E-state index in [2.05, 4.69) is 0 Å². The number of alkyl halides is 4. The minimum Gasteiger partial charge on any atom is -0.373 e. The molecule has 4 fully saturated rings. The number of halogens is 4. The van der Waals surface area contributed by atoms with Gasteiger partial charge in [0.25, 0.3) is 0 Å². The second-order valence-corrected chi connectivity index (χ2v) is 5.97. The molecule has 0 spiro atoms. The third-order valence-electron chi connectivity index (χ3n) is 5.46. The minimum atomic E-state index is -3.92. The topological polar surface area (TPSA) is 18.5 Å². The SMILES string of the molecule is FC1(F)[C@@H]2[C@@H]3O[C@H]([C@H]4[C@H]3[C@@H]3C=C[C@H]4O3)[C@H]2C1(F)F. The van der Waals surface area contributed by atoms with Gasteiger partial charge < -0.3 is 9.47 Å². The van der Waals surface area contributed by atoms with Crippen LogP contribution in [-0.4, -0.2) is 36.3 Å². The molecule has 0 aromatic carbocycles. The van der Waals surface area contributed by atoms with Crippen LogP contribution in [-0.2, 0) is 9.47 Å². The third kappa shape index (κ3) is 0.744. The van der Waals surface area contributed by atoms with Crippen molar-refractivity contribution >= 4 is 0 Å². The first kappa shape index (κ1) is 10.2. The van der Waals surface area contributed by atoms with Crippen LogP contribution in [0.15, 0.2) is 12.2 Å². The standard InChI is InChI=1S/C12H10F4O2/c13-11(14)7-8(12(11,15)16)10-6-4-2-1-3(17-4)5(6)9(7)18-10/h1-10H/t3-,4+,5-,6-,7+,8+,9-,10-/m1/s1. The lowest BCUT2D eigenvalue weighted by atomic mass is 9.53. The molecule has 8 atom stereocenters. The molecule has 6 heteroatoms. The Balaban J connectivity index is 1.61. The van der Waals surface area contributed by atoms with E-state index in [0.29, 0.717) is 0 Å². The average molecular weight is 262 g/mol. The monoisotopic (exact) mass is 262 g/mol. The number of hydrogen-bond donors (Lipinski definition) is 0. The first-order valence-electron chi connectivity index (χ1n) is 6.19. The van der Waals surface area contributed by atoms with Crippen molar-refractivity contribution in [1.29, 1.82) is 0 Å². The minimum absolute atomic E-state index is 0.159. The van der Waals surface area contributed by atoms with Crippen molar-refractivity contribution in [2.45, 2.75) is 36.3 Å². The van der Waals surface area contributed by atoms with Crippen molar-refractivity contribution in [2.24, 2.45) is 23.7 Å². The van der Waals surface area contributed by atoms with Crippen LogP contribution in [0.2, 0.25) is 0 Å². The fourth-order valence-corrected chi connectivity index (χ4v) is 4.81. The van der Waals surface area contributed by atoms with Crippen LogP contribution in [0.5, 0.6) is 0 Å². The van der Waals surface area contributed by atoms with E-state index in [1.54, 1.807) is 0 Å². The fraction of sp³-hybridized carbons (Fsp3) is 0.833. The Morgan fingerprint density at radius 2 is 1.17 bits per heavy atom. The van der Waals surface area contributed by atoms with Crippen LogP contribution in [0.25, 0.3) is 0 Å². The molecule has 5 rings (SSSR count). The molecule has 18 heavy (non-hydrogen) atoms. The summed E-state index contributed by atoms with van der Waals surface area (Å²) in [6, 6.07) is 0. The van der Waals surface area contributed by atoms with Gasteiger partial charge in [0.2, 0.25) is 0 Å². The molecule has 98 valence electrons.